The lowest BCUT2D eigenvalue weighted by Gasteiger charge is -2.26. The highest BCUT2D eigenvalue weighted by Gasteiger charge is 2.57. The van der Waals surface area contributed by atoms with Gasteiger partial charge < -0.3 is 14.5 Å². The molecule has 7 heteroatoms. The van der Waals surface area contributed by atoms with E-state index < -0.39 is 11.0 Å². The summed E-state index contributed by atoms with van der Waals surface area (Å²) in [4.78, 5) is 46.3. The molecule has 6 rings (SSSR count). The molecule has 1 aliphatic carbocycles. The highest BCUT2D eigenvalue weighted by atomic mass is 16.6. The van der Waals surface area contributed by atoms with Gasteiger partial charge in [0.05, 0.1) is 23.2 Å². The van der Waals surface area contributed by atoms with Crippen molar-refractivity contribution < 1.29 is 19.1 Å². The van der Waals surface area contributed by atoms with Crippen molar-refractivity contribution in [3.63, 3.8) is 0 Å². The zero-order valence-corrected chi connectivity index (χ0v) is 20.4. The molecule has 2 aliphatic heterocycles. The lowest BCUT2D eigenvalue weighted by molar-refractivity contribution is -0.134. The number of hydrogen-bond acceptors (Lipinski definition) is 5. The molecular weight excluding hydrogens is 454 g/mol. The Bertz CT molecular complexity index is 1380. The van der Waals surface area contributed by atoms with Crippen LogP contribution in [0.3, 0.4) is 0 Å². The zero-order chi connectivity index (χ0) is 25.1. The SMILES string of the molecule is CN(C)C(=O)c1ccc(-c2ccc(C3(C(=O)N4CC[C@@]5(C4)OC(=O)c4ccccc45)CC3)cn2)cc1. The van der Waals surface area contributed by atoms with Crippen molar-refractivity contribution in [1.29, 1.82) is 0 Å². The van der Waals surface area contributed by atoms with Gasteiger partial charge in [-0.25, -0.2) is 4.79 Å². The number of hydrogen-bond donors (Lipinski definition) is 0. The van der Waals surface area contributed by atoms with Crippen LogP contribution in [0.15, 0.2) is 66.9 Å². The minimum absolute atomic E-state index is 0.0430. The van der Waals surface area contributed by atoms with Gasteiger partial charge in [0.1, 0.15) is 0 Å². The summed E-state index contributed by atoms with van der Waals surface area (Å²) in [7, 11) is 3.46. The monoisotopic (exact) mass is 481 g/mol. The second-order valence-corrected chi connectivity index (χ2v) is 10.2. The van der Waals surface area contributed by atoms with E-state index in [9.17, 15) is 14.4 Å². The van der Waals surface area contributed by atoms with E-state index >= 15 is 0 Å². The molecule has 1 aromatic heterocycles. The van der Waals surface area contributed by atoms with Gasteiger partial charge in [0.25, 0.3) is 5.91 Å². The molecule has 1 saturated heterocycles. The summed E-state index contributed by atoms with van der Waals surface area (Å²) in [5.74, 6) is -0.264. The minimum atomic E-state index is -0.734. The van der Waals surface area contributed by atoms with E-state index in [1.54, 1.807) is 43.4 Å². The Labute approximate surface area is 209 Å². The first-order valence-corrected chi connectivity index (χ1v) is 12.2. The number of pyridine rings is 1. The number of aromatic nitrogens is 1. The van der Waals surface area contributed by atoms with Crippen molar-refractivity contribution in [2.45, 2.75) is 30.3 Å². The number of fused-ring (bicyclic) bond motifs is 2. The Morgan fingerprint density at radius 1 is 0.972 bits per heavy atom. The van der Waals surface area contributed by atoms with Gasteiger partial charge in [-0.05, 0) is 42.7 Å². The molecule has 0 radical (unpaired) electrons. The second-order valence-electron chi connectivity index (χ2n) is 10.2. The smallest absolute Gasteiger partial charge is 0.339 e. The fourth-order valence-electron chi connectivity index (χ4n) is 5.55. The van der Waals surface area contributed by atoms with Gasteiger partial charge in [0, 0.05) is 49.9 Å². The van der Waals surface area contributed by atoms with Crippen molar-refractivity contribution in [2.24, 2.45) is 0 Å². The molecule has 0 unspecified atom stereocenters. The van der Waals surface area contributed by atoms with Crippen LogP contribution < -0.4 is 0 Å². The summed E-state index contributed by atoms with van der Waals surface area (Å²) >= 11 is 0. The Balaban J connectivity index is 1.19. The van der Waals surface area contributed by atoms with Gasteiger partial charge in [0.15, 0.2) is 5.60 Å². The Morgan fingerprint density at radius 3 is 2.39 bits per heavy atom. The molecule has 7 nitrogen and oxygen atoms in total. The van der Waals surface area contributed by atoms with Gasteiger partial charge in [0.2, 0.25) is 5.91 Å². The maximum absolute atomic E-state index is 13.7. The molecule has 3 aliphatic rings. The minimum Gasteiger partial charge on any atom is -0.449 e. The number of ether oxygens (including phenoxy) is 1. The highest BCUT2D eigenvalue weighted by Crippen LogP contribution is 2.52. The fraction of sp³-hybridized carbons (Fsp3) is 0.310. The van der Waals surface area contributed by atoms with E-state index in [1.165, 1.54) is 0 Å². The van der Waals surface area contributed by atoms with Gasteiger partial charge >= 0.3 is 5.97 Å². The van der Waals surface area contributed by atoms with Crippen molar-refractivity contribution in [3.05, 3.63) is 89.1 Å². The third-order valence-corrected chi connectivity index (χ3v) is 7.75. The summed E-state index contributed by atoms with van der Waals surface area (Å²) in [6.07, 6.45) is 3.99. The molecule has 2 fully saturated rings. The molecule has 1 saturated carbocycles. The van der Waals surface area contributed by atoms with Crippen molar-refractivity contribution in [1.82, 2.24) is 14.8 Å². The number of carbonyl (C=O) groups is 3. The molecule has 3 aromatic rings. The summed E-state index contributed by atoms with van der Waals surface area (Å²) in [5.41, 5.74) is 3.45. The van der Waals surface area contributed by atoms with Gasteiger partial charge in [-0.3, -0.25) is 14.6 Å². The maximum Gasteiger partial charge on any atom is 0.339 e. The maximum atomic E-state index is 13.7. The summed E-state index contributed by atoms with van der Waals surface area (Å²) in [6, 6.07) is 18.8. The van der Waals surface area contributed by atoms with E-state index in [2.05, 4.69) is 4.98 Å². The first-order chi connectivity index (χ1) is 17.3. The summed E-state index contributed by atoms with van der Waals surface area (Å²) in [5, 5.41) is 0. The van der Waals surface area contributed by atoms with Crippen molar-refractivity contribution in [3.8, 4) is 11.3 Å². The van der Waals surface area contributed by atoms with Crippen LogP contribution in [0.25, 0.3) is 11.3 Å². The van der Waals surface area contributed by atoms with Crippen molar-refractivity contribution in [2.75, 3.05) is 27.2 Å². The quantitative estimate of drug-likeness (QED) is 0.530. The second kappa shape index (κ2) is 8.01. The van der Waals surface area contributed by atoms with Gasteiger partial charge in [-0.2, -0.15) is 0 Å². The number of nitrogens with zero attached hydrogens (tertiary/aromatic N) is 3. The van der Waals surface area contributed by atoms with Crippen LogP contribution in [0.2, 0.25) is 0 Å². The number of amides is 2. The number of benzene rings is 2. The van der Waals surface area contributed by atoms with Crippen LogP contribution in [0.1, 0.15) is 51.1 Å². The lowest BCUT2D eigenvalue weighted by atomic mass is 9.91. The van der Waals surface area contributed by atoms with Crippen LogP contribution in [-0.4, -0.2) is 59.8 Å². The topological polar surface area (TPSA) is 79.8 Å². The molecule has 2 amide bonds. The number of rotatable bonds is 4. The average molecular weight is 482 g/mol. The summed E-state index contributed by atoms with van der Waals surface area (Å²) < 4.78 is 5.83. The molecule has 1 spiro atoms. The van der Waals surface area contributed by atoms with Crippen LogP contribution in [0.5, 0.6) is 0 Å². The number of esters is 1. The first-order valence-electron chi connectivity index (χ1n) is 12.2. The molecule has 36 heavy (non-hydrogen) atoms. The van der Waals surface area contributed by atoms with E-state index in [0.29, 0.717) is 30.6 Å². The average Bonchev–Trinajstić information content (AvgIpc) is 3.54. The predicted molar refractivity (Wildman–Crippen MR) is 133 cm³/mol. The van der Waals surface area contributed by atoms with E-state index in [-0.39, 0.29) is 17.8 Å². The van der Waals surface area contributed by atoms with Crippen LogP contribution in [0, 0.1) is 0 Å². The fourth-order valence-corrected chi connectivity index (χ4v) is 5.55. The number of likely N-dealkylation sites (tertiary alicyclic amines) is 1. The standard InChI is InChI=1S/C29H27N3O4/c1-31(2)25(33)20-9-7-19(8-10-20)24-12-11-21(17-30-24)28(13-14-28)27(35)32-16-15-29(18-32)23-6-4-3-5-22(23)26(34)36-29/h3-12,17H,13-16,18H2,1-2H3/t29-/m0/s1. The zero-order valence-electron chi connectivity index (χ0n) is 20.4. The third kappa shape index (κ3) is 3.41. The Morgan fingerprint density at radius 2 is 1.72 bits per heavy atom. The highest BCUT2D eigenvalue weighted by molar-refractivity contribution is 5.96. The molecule has 3 heterocycles. The molecule has 0 N–H and O–H groups in total. The van der Waals surface area contributed by atoms with Crippen LogP contribution in [0.4, 0.5) is 0 Å². The van der Waals surface area contributed by atoms with E-state index in [1.807, 2.05) is 47.4 Å². The lowest BCUT2D eigenvalue weighted by Crippen LogP contribution is -2.40. The van der Waals surface area contributed by atoms with Gasteiger partial charge in [-0.15, -0.1) is 0 Å². The first kappa shape index (κ1) is 22.5. The Hall–Kier alpha value is -4.00. The van der Waals surface area contributed by atoms with E-state index in [4.69, 9.17) is 4.74 Å². The molecular formula is C29H27N3O4. The largest absolute Gasteiger partial charge is 0.449 e. The van der Waals surface area contributed by atoms with E-state index in [0.717, 1.165) is 35.2 Å². The number of carbonyl (C=O) groups excluding carboxylic acids is 3. The third-order valence-electron chi connectivity index (χ3n) is 7.75. The van der Waals surface area contributed by atoms with Gasteiger partial charge in [-0.1, -0.05) is 36.4 Å². The normalized spacial score (nSPS) is 21.3. The Kier molecular flexibility index (Phi) is 5.00. The predicted octanol–water partition coefficient (Wildman–Crippen LogP) is 3.78. The van der Waals surface area contributed by atoms with Crippen molar-refractivity contribution >= 4 is 17.8 Å². The molecule has 182 valence electrons. The van der Waals surface area contributed by atoms with Crippen LogP contribution >= 0.6 is 0 Å². The molecule has 1 atom stereocenters. The molecule has 0 bridgehead atoms. The molecule has 2 aromatic carbocycles. The summed E-state index contributed by atoms with van der Waals surface area (Å²) in [6.45, 7) is 0.950. The van der Waals surface area contributed by atoms with Crippen LogP contribution in [-0.2, 0) is 20.5 Å².